The Hall–Kier alpha value is -2.37. The molecule has 0 radical (unpaired) electrons. The highest BCUT2D eigenvalue weighted by atomic mass is 16.5. The number of piperidine rings is 1. The fourth-order valence-electron chi connectivity index (χ4n) is 2.29. The van der Waals surface area contributed by atoms with Crippen LogP contribution >= 0.6 is 0 Å². The van der Waals surface area contributed by atoms with Crippen molar-refractivity contribution in [1.29, 1.82) is 0 Å². The number of ether oxygens (including phenoxy) is 1. The summed E-state index contributed by atoms with van der Waals surface area (Å²) >= 11 is 0. The van der Waals surface area contributed by atoms with E-state index in [4.69, 9.17) is 4.74 Å². The molecule has 1 saturated heterocycles. The van der Waals surface area contributed by atoms with E-state index < -0.39 is 5.97 Å². The van der Waals surface area contributed by atoms with Crippen LogP contribution in [-0.2, 0) is 9.53 Å². The molecule has 2 rings (SSSR count). The van der Waals surface area contributed by atoms with E-state index in [1.54, 1.807) is 32.3 Å². The third kappa shape index (κ3) is 3.84. The number of esters is 1. The summed E-state index contributed by atoms with van der Waals surface area (Å²) in [5.41, 5.74) is 0.735. The summed E-state index contributed by atoms with van der Waals surface area (Å²) in [5, 5.41) is 2.75. The molecule has 1 heterocycles. The third-order valence-corrected chi connectivity index (χ3v) is 3.57. The van der Waals surface area contributed by atoms with Gasteiger partial charge in [0.2, 0.25) is 5.91 Å². The lowest BCUT2D eigenvalue weighted by Gasteiger charge is -2.21. The number of nitrogens with zero attached hydrogens (tertiary/aromatic N) is 1. The number of carbonyl (C=O) groups excluding carboxylic acids is 3. The standard InChI is InChI=1S/C16H20N2O4/c1-18(2)15(20)11-5-3-6-12(9-11)16(21)22-10-13-7-4-8-17-14(13)19/h3,5-6,9,13H,4,7-8,10H2,1-2H3,(H,17,19). The van der Waals surface area contributed by atoms with Crippen molar-refractivity contribution in [3.8, 4) is 0 Å². The first-order valence-electron chi connectivity index (χ1n) is 7.25. The number of hydrogen-bond donors (Lipinski definition) is 1. The van der Waals surface area contributed by atoms with Crippen molar-refractivity contribution in [2.45, 2.75) is 12.8 Å². The highest BCUT2D eigenvalue weighted by Crippen LogP contribution is 2.14. The normalized spacial score (nSPS) is 17.5. The van der Waals surface area contributed by atoms with Crippen LogP contribution < -0.4 is 5.32 Å². The van der Waals surface area contributed by atoms with Gasteiger partial charge in [-0.2, -0.15) is 0 Å². The molecule has 1 atom stereocenters. The zero-order valence-electron chi connectivity index (χ0n) is 12.8. The Morgan fingerprint density at radius 3 is 2.73 bits per heavy atom. The number of hydrogen-bond acceptors (Lipinski definition) is 4. The van der Waals surface area contributed by atoms with Crippen LogP contribution in [0, 0.1) is 5.92 Å². The Morgan fingerprint density at radius 1 is 1.32 bits per heavy atom. The van der Waals surface area contributed by atoms with Crippen LogP contribution in [0.15, 0.2) is 24.3 Å². The summed E-state index contributed by atoms with van der Waals surface area (Å²) in [4.78, 5) is 37.0. The molecule has 0 spiro atoms. The van der Waals surface area contributed by atoms with E-state index in [0.717, 1.165) is 12.8 Å². The summed E-state index contributed by atoms with van der Waals surface area (Å²) in [5.74, 6) is -1.06. The van der Waals surface area contributed by atoms with E-state index in [2.05, 4.69) is 5.32 Å². The van der Waals surface area contributed by atoms with Crippen molar-refractivity contribution in [3.63, 3.8) is 0 Å². The van der Waals surface area contributed by atoms with E-state index in [1.807, 2.05) is 0 Å². The van der Waals surface area contributed by atoms with Crippen molar-refractivity contribution in [2.24, 2.45) is 5.92 Å². The predicted octanol–water partition coefficient (Wildman–Crippen LogP) is 1.07. The van der Waals surface area contributed by atoms with Crippen molar-refractivity contribution in [2.75, 3.05) is 27.2 Å². The molecule has 118 valence electrons. The molecule has 0 saturated carbocycles. The summed E-state index contributed by atoms with van der Waals surface area (Å²) in [7, 11) is 3.30. The third-order valence-electron chi connectivity index (χ3n) is 3.57. The Labute approximate surface area is 129 Å². The highest BCUT2D eigenvalue weighted by molar-refractivity contribution is 5.97. The van der Waals surface area contributed by atoms with E-state index >= 15 is 0 Å². The molecule has 1 N–H and O–H groups in total. The van der Waals surface area contributed by atoms with E-state index in [-0.39, 0.29) is 24.3 Å². The maximum atomic E-state index is 12.1. The van der Waals surface area contributed by atoms with Gasteiger partial charge >= 0.3 is 5.97 Å². The lowest BCUT2D eigenvalue weighted by atomic mass is 10.00. The fourth-order valence-corrected chi connectivity index (χ4v) is 2.29. The van der Waals surface area contributed by atoms with Gasteiger partial charge in [0.25, 0.3) is 5.91 Å². The van der Waals surface area contributed by atoms with E-state index in [0.29, 0.717) is 17.7 Å². The van der Waals surface area contributed by atoms with E-state index in [1.165, 1.54) is 11.0 Å². The smallest absolute Gasteiger partial charge is 0.338 e. The molecule has 1 aromatic carbocycles. The number of carbonyl (C=O) groups is 3. The van der Waals surface area contributed by atoms with Gasteiger partial charge in [-0.15, -0.1) is 0 Å². The molecule has 1 unspecified atom stereocenters. The van der Waals surface area contributed by atoms with Gasteiger partial charge in [-0.25, -0.2) is 4.79 Å². The zero-order valence-corrected chi connectivity index (χ0v) is 12.8. The molecule has 1 fully saturated rings. The van der Waals surface area contributed by atoms with E-state index in [9.17, 15) is 14.4 Å². The highest BCUT2D eigenvalue weighted by Gasteiger charge is 2.23. The molecule has 0 bridgehead atoms. The zero-order chi connectivity index (χ0) is 16.1. The van der Waals surface area contributed by atoms with Crippen LogP contribution in [0.3, 0.4) is 0 Å². The number of rotatable bonds is 4. The lowest BCUT2D eigenvalue weighted by molar-refractivity contribution is -0.127. The molecular formula is C16H20N2O4. The molecule has 6 nitrogen and oxygen atoms in total. The first-order valence-corrected chi connectivity index (χ1v) is 7.25. The van der Waals surface area contributed by atoms with Gasteiger partial charge in [0.05, 0.1) is 11.5 Å². The summed E-state index contributed by atoms with van der Waals surface area (Å²) in [6.45, 7) is 0.745. The molecule has 2 amide bonds. The fraction of sp³-hybridized carbons (Fsp3) is 0.438. The van der Waals surface area contributed by atoms with Crippen molar-refractivity contribution in [1.82, 2.24) is 10.2 Å². The number of amides is 2. The van der Waals surface area contributed by atoms with Crippen LogP contribution in [0.4, 0.5) is 0 Å². The largest absolute Gasteiger partial charge is 0.461 e. The maximum absolute atomic E-state index is 12.1. The average molecular weight is 304 g/mol. The second kappa shape index (κ2) is 7.06. The van der Waals surface area contributed by atoms with Crippen molar-refractivity contribution in [3.05, 3.63) is 35.4 Å². The van der Waals surface area contributed by atoms with Crippen LogP contribution in [-0.4, -0.2) is 49.9 Å². The molecule has 0 aliphatic carbocycles. The second-order valence-electron chi connectivity index (χ2n) is 5.51. The van der Waals surface area contributed by atoms with Gasteiger partial charge in [-0.1, -0.05) is 6.07 Å². The van der Waals surface area contributed by atoms with Gasteiger partial charge in [0.1, 0.15) is 6.61 Å². The maximum Gasteiger partial charge on any atom is 0.338 e. The minimum absolute atomic E-state index is 0.0660. The van der Waals surface area contributed by atoms with Crippen LogP contribution in [0.5, 0.6) is 0 Å². The van der Waals surface area contributed by atoms with Gasteiger partial charge in [-0.3, -0.25) is 9.59 Å². The Bertz CT molecular complexity index is 583. The summed E-state index contributed by atoms with van der Waals surface area (Å²) < 4.78 is 5.21. The lowest BCUT2D eigenvalue weighted by Crippen LogP contribution is -2.39. The van der Waals surface area contributed by atoms with Crippen LogP contribution in [0.2, 0.25) is 0 Å². The molecule has 1 aliphatic rings. The Morgan fingerprint density at radius 2 is 2.05 bits per heavy atom. The molecule has 1 aromatic rings. The van der Waals surface area contributed by atoms with Crippen molar-refractivity contribution < 1.29 is 19.1 Å². The van der Waals surface area contributed by atoms with Crippen LogP contribution in [0.1, 0.15) is 33.6 Å². The molecule has 6 heteroatoms. The molecule has 0 aromatic heterocycles. The summed E-state index contributed by atoms with van der Waals surface area (Å²) in [6.07, 6.45) is 1.61. The average Bonchev–Trinajstić information content (AvgIpc) is 2.53. The predicted molar refractivity (Wildman–Crippen MR) is 80.5 cm³/mol. The van der Waals surface area contributed by atoms with Gasteiger partial charge in [0, 0.05) is 26.2 Å². The van der Waals surface area contributed by atoms with Crippen LogP contribution in [0.25, 0.3) is 0 Å². The Kier molecular flexibility index (Phi) is 5.14. The van der Waals surface area contributed by atoms with Crippen molar-refractivity contribution >= 4 is 17.8 Å². The molecular weight excluding hydrogens is 284 g/mol. The number of nitrogens with one attached hydrogen (secondary N) is 1. The van der Waals surface area contributed by atoms with Gasteiger partial charge in [-0.05, 0) is 31.0 Å². The first kappa shape index (κ1) is 16.0. The summed E-state index contributed by atoms with van der Waals surface area (Å²) in [6, 6.07) is 6.38. The quantitative estimate of drug-likeness (QED) is 0.844. The Balaban J connectivity index is 1.99. The topological polar surface area (TPSA) is 75.7 Å². The second-order valence-corrected chi connectivity index (χ2v) is 5.51. The SMILES string of the molecule is CN(C)C(=O)c1cccc(C(=O)OCC2CCCNC2=O)c1. The monoisotopic (exact) mass is 304 g/mol. The van der Waals surface area contributed by atoms with Gasteiger partial charge in [0.15, 0.2) is 0 Å². The minimum Gasteiger partial charge on any atom is -0.461 e. The van der Waals surface area contributed by atoms with Gasteiger partial charge < -0.3 is 15.0 Å². The minimum atomic E-state index is -0.522. The molecule has 22 heavy (non-hydrogen) atoms. The molecule has 1 aliphatic heterocycles. The number of benzene rings is 1. The first-order chi connectivity index (χ1) is 10.5.